The van der Waals surface area contributed by atoms with Gasteiger partial charge >= 0.3 is 6.09 Å². The van der Waals surface area contributed by atoms with E-state index in [0.29, 0.717) is 29.9 Å². The number of carbonyl (C=O) groups excluding carboxylic acids is 1. The number of β-amino-alcohol motifs (C(OH)–C–C–N with tert-alkyl or cyclic N) is 1. The average molecular weight is 761 g/mol. The van der Waals surface area contributed by atoms with Gasteiger partial charge < -0.3 is 24.6 Å². The fourth-order valence-electron chi connectivity index (χ4n) is 6.09. The second kappa shape index (κ2) is 15.6. The van der Waals surface area contributed by atoms with Crippen LogP contribution < -0.4 is 19.1 Å². The topological polar surface area (TPSA) is 131 Å². The van der Waals surface area contributed by atoms with Gasteiger partial charge in [-0.15, -0.1) is 11.3 Å². The van der Waals surface area contributed by atoms with Gasteiger partial charge in [0.25, 0.3) is 10.0 Å². The number of ether oxygens (including phenoxy) is 3. The quantitative estimate of drug-likeness (QED) is 0.146. The normalized spacial score (nSPS) is 17.6. The number of hydrogen-bond acceptors (Lipinski definition) is 10. The molecule has 15 heteroatoms. The first-order chi connectivity index (χ1) is 24.2. The Balaban J connectivity index is 1.45. The van der Waals surface area contributed by atoms with Gasteiger partial charge in [-0.3, -0.25) is 4.90 Å². The maximum absolute atomic E-state index is 16.0. The fourth-order valence-corrected chi connectivity index (χ4v) is 8.73. The van der Waals surface area contributed by atoms with Crippen LogP contribution in [-0.4, -0.2) is 74.1 Å². The smallest absolute Gasteiger partial charge is 0.410 e. The molecule has 1 fully saturated rings. The Labute approximate surface area is 307 Å². The van der Waals surface area contributed by atoms with E-state index in [2.05, 4.69) is 10.3 Å². The zero-order chi connectivity index (χ0) is 37.0. The first-order valence-electron chi connectivity index (χ1n) is 16.2. The van der Waals surface area contributed by atoms with Crippen LogP contribution in [0.15, 0.2) is 77.1 Å². The standard InChI is InChI=1S/C36H42ClFN4O7S2/c1-35(2,3)49-34(44)41-22-26(43)20-36(41,14-13-24-9-7-6-8-10-24)23-40-30-19-29(38)32(18-28(30)37)51(45,46)42(33-39-15-16-50-33)21-25-11-12-27(47-4)17-31(25)48-5/h6-12,15-19,26,40,43H,13-14,20-23H2,1-5H3/t26-,36-/m0/s1. The summed E-state index contributed by atoms with van der Waals surface area (Å²) in [6.45, 7) is 5.21. The van der Waals surface area contributed by atoms with E-state index in [0.717, 1.165) is 33.3 Å². The number of anilines is 2. The summed E-state index contributed by atoms with van der Waals surface area (Å²) in [6.07, 6.45) is 1.32. The first-order valence-corrected chi connectivity index (χ1v) is 18.9. The lowest BCUT2D eigenvalue weighted by molar-refractivity contribution is 0.00765. The van der Waals surface area contributed by atoms with Crippen molar-refractivity contribution < 1.29 is 36.9 Å². The zero-order valence-electron chi connectivity index (χ0n) is 29.1. The second-order valence-electron chi connectivity index (χ2n) is 13.3. The number of carbonyl (C=O) groups is 1. The fraction of sp³-hybridized carbons (Fsp3) is 0.389. The monoisotopic (exact) mass is 760 g/mol. The van der Waals surface area contributed by atoms with Crippen LogP contribution in [0.4, 0.5) is 20.0 Å². The minimum atomic E-state index is -4.55. The highest BCUT2D eigenvalue weighted by atomic mass is 35.5. The number of aryl methyl sites for hydroxylation is 1. The zero-order valence-corrected chi connectivity index (χ0v) is 31.4. The molecule has 3 aromatic carbocycles. The molecule has 0 aliphatic carbocycles. The molecule has 1 aliphatic rings. The minimum absolute atomic E-state index is 0.0518. The highest BCUT2D eigenvalue weighted by Gasteiger charge is 2.48. The summed E-state index contributed by atoms with van der Waals surface area (Å²) in [4.78, 5) is 18.6. The maximum Gasteiger partial charge on any atom is 0.410 e. The van der Waals surface area contributed by atoms with Gasteiger partial charge in [0.05, 0.1) is 49.7 Å². The molecular weight excluding hydrogens is 719 g/mol. The summed E-state index contributed by atoms with van der Waals surface area (Å²) in [7, 11) is -1.60. The van der Waals surface area contributed by atoms with Gasteiger partial charge in [-0.05, 0) is 63.4 Å². The van der Waals surface area contributed by atoms with Crippen molar-refractivity contribution in [3.8, 4) is 11.5 Å². The molecule has 2 N–H and O–H groups in total. The molecule has 5 rings (SSSR count). The molecule has 2 atom stereocenters. The second-order valence-corrected chi connectivity index (χ2v) is 16.4. The number of nitrogens with one attached hydrogen (secondary N) is 1. The van der Waals surface area contributed by atoms with E-state index >= 15 is 4.39 Å². The summed E-state index contributed by atoms with van der Waals surface area (Å²) in [6, 6.07) is 16.8. The molecule has 1 aliphatic heterocycles. The molecule has 0 unspecified atom stereocenters. The molecular formula is C36H42ClFN4O7S2. The van der Waals surface area contributed by atoms with Gasteiger partial charge in [-0.25, -0.2) is 26.9 Å². The molecule has 0 bridgehead atoms. The number of sulfonamides is 1. The molecule has 0 saturated carbocycles. The Morgan fingerprint density at radius 1 is 1.16 bits per heavy atom. The van der Waals surface area contributed by atoms with Crippen LogP contribution in [0.25, 0.3) is 0 Å². The van der Waals surface area contributed by atoms with E-state index < -0.39 is 44.1 Å². The molecule has 274 valence electrons. The van der Waals surface area contributed by atoms with Crippen molar-refractivity contribution in [2.75, 3.05) is 36.9 Å². The van der Waals surface area contributed by atoms with Gasteiger partial charge in [0, 0.05) is 36.2 Å². The molecule has 0 spiro atoms. The highest BCUT2D eigenvalue weighted by Crippen LogP contribution is 2.39. The predicted molar refractivity (Wildman–Crippen MR) is 196 cm³/mol. The molecule has 1 aromatic heterocycles. The van der Waals surface area contributed by atoms with E-state index in [-0.39, 0.29) is 41.9 Å². The van der Waals surface area contributed by atoms with Crippen LogP contribution in [0.5, 0.6) is 11.5 Å². The van der Waals surface area contributed by atoms with Crippen LogP contribution in [0.2, 0.25) is 5.02 Å². The summed E-state index contributed by atoms with van der Waals surface area (Å²) < 4.78 is 61.9. The lowest BCUT2D eigenvalue weighted by Crippen LogP contribution is -2.53. The number of likely N-dealkylation sites (tertiary alicyclic amines) is 1. The Kier molecular flexibility index (Phi) is 11.7. The van der Waals surface area contributed by atoms with Crippen molar-refractivity contribution in [3.05, 3.63) is 94.2 Å². The number of rotatable bonds is 13. The third-order valence-electron chi connectivity index (χ3n) is 8.56. The van der Waals surface area contributed by atoms with Crippen molar-refractivity contribution in [1.82, 2.24) is 9.88 Å². The van der Waals surface area contributed by atoms with Gasteiger partial charge in [-0.2, -0.15) is 0 Å². The van der Waals surface area contributed by atoms with Crippen LogP contribution in [0, 0.1) is 5.82 Å². The number of nitrogens with zero attached hydrogens (tertiary/aromatic N) is 3. The molecule has 1 saturated heterocycles. The van der Waals surface area contributed by atoms with E-state index in [9.17, 15) is 18.3 Å². The molecule has 11 nitrogen and oxygen atoms in total. The first kappa shape index (κ1) is 38.1. The summed E-state index contributed by atoms with van der Waals surface area (Å²) in [5.74, 6) is -0.148. The third-order valence-corrected chi connectivity index (χ3v) is 11.5. The van der Waals surface area contributed by atoms with E-state index in [1.54, 1.807) is 44.4 Å². The number of halogens is 2. The Morgan fingerprint density at radius 3 is 2.55 bits per heavy atom. The number of thiazole rings is 1. The van der Waals surface area contributed by atoms with Crippen molar-refractivity contribution in [2.45, 2.75) is 68.7 Å². The summed E-state index contributed by atoms with van der Waals surface area (Å²) >= 11 is 7.76. The van der Waals surface area contributed by atoms with E-state index in [1.807, 2.05) is 30.3 Å². The predicted octanol–water partition coefficient (Wildman–Crippen LogP) is 7.13. The number of aromatic nitrogens is 1. The van der Waals surface area contributed by atoms with Crippen LogP contribution in [0.1, 0.15) is 44.7 Å². The van der Waals surface area contributed by atoms with Crippen LogP contribution in [0.3, 0.4) is 0 Å². The van der Waals surface area contributed by atoms with E-state index in [1.165, 1.54) is 25.3 Å². The number of benzene rings is 3. The third kappa shape index (κ3) is 8.86. The summed E-state index contributed by atoms with van der Waals surface area (Å²) in [5.41, 5.74) is -0.0622. The van der Waals surface area contributed by atoms with Crippen molar-refractivity contribution in [2.24, 2.45) is 0 Å². The largest absolute Gasteiger partial charge is 0.497 e. The number of hydrogen-bond donors (Lipinski definition) is 2. The molecule has 0 radical (unpaired) electrons. The minimum Gasteiger partial charge on any atom is -0.497 e. The molecule has 1 amide bonds. The van der Waals surface area contributed by atoms with Gasteiger partial charge in [-0.1, -0.05) is 41.9 Å². The van der Waals surface area contributed by atoms with Crippen LogP contribution >= 0.6 is 22.9 Å². The highest BCUT2D eigenvalue weighted by molar-refractivity contribution is 7.93. The molecule has 51 heavy (non-hydrogen) atoms. The number of amides is 1. The molecule has 2 heterocycles. The van der Waals surface area contributed by atoms with Gasteiger partial charge in [0.15, 0.2) is 5.13 Å². The average Bonchev–Trinajstić information content (AvgIpc) is 3.74. The number of methoxy groups -OCH3 is 2. The number of aliphatic hydroxyl groups is 1. The van der Waals surface area contributed by atoms with Crippen molar-refractivity contribution in [1.29, 1.82) is 0 Å². The van der Waals surface area contributed by atoms with Crippen molar-refractivity contribution >= 4 is 49.9 Å². The maximum atomic E-state index is 16.0. The van der Waals surface area contributed by atoms with Gasteiger partial charge in [0.2, 0.25) is 0 Å². The Morgan fingerprint density at radius 2 is 1.90 bits per heavy atom. The van der Waals surface area contributed by atoms with Gasteiger partial charge in [0.1, 0.15) is 27.8 Å². The lowest BCUT2D eigenvalue weighted by Gasteiger charge is -2.39. The summed E-state index contributed by atoms with van der Waals surface area (Å²) in [5, 5.41) is 15.7. The van der Waals surface area contributed by atoms with Crippen molar-refractivity contribution in [3.63, 3.8) is 0 Å². The Bertz CT molecular complexity index is 1930. The number of aliphatic hydroxyl groups excluding tert-OH is 1. The van der Waals surface area contributed by atoms with E-state index in [4.69, 9.17) is 25.8 Å². The Hall–Kier alpha value is -4.11. The van der Waals surface area contributed by atoms with Crippen LogP contribution in [-0.2, 0) is 27.7 Å². The SMILES string of the molecule is COc1ccc(CN(c2nccs2)S(=O)(=O)c2cc(Cl)c(NC[C@]3(CCc4ccccc4)C[C@H](O)CN3C(=O)OC(C)(C)C)cc2F)c(OC)c1. The lowest BCUT2D eigenvalue weighted by atomic mass is 9.87. The molecule has 4 aromatic rings.